The van der Waals surface area contributed by atoms with Gasteiger partial charge in [-0.25, -0.2) is 4.79 Å². The summed E-state index contributed by atoms with van der Waals surface area (Å²) < 4.78 is 1.77. The number of carboxylic acid groups (broad SMARTS) is 1. The number of carbonyl (C=O) groups excluding carboxylic acids is 1. The van der Waals surface area contributed by atoms with Gasteiger partial charge in [0.05, 0.1) is 12.1 Å². The molecule has 0 saturated heterocycles. The zero-order valence-electron chi connectivity index (χ0n) is 12.5. The molecule has 0 spiro atoms. The van der Waals surface area contributed by atoms with Crippen LogP contribution in [0.15, 0.2) is 42.7 Å². The zero-order valence-corrected chi connectivity index (χ0v) is 12.5. The van der Waals surface area contributed by atoms with Crippen LogP contribution in [0.4, 0.5) is 0 Å². The van der Waals surface area contributed by atoms with Gasteiger partial charge in [0.15, 0.2) is 0 Å². The summed E-state index contributed by atoms with van der Waals surface area (Å²) in [7, 11) is 1.74. The van der Waals surface area contributed by atoms with Crippen molar-refractivity contribution in [3.8, 4) is 0 Å². The van der Waals surface area contributed by atoms with Gasteiger partial charge >= 0.3 is 5.97 Å². The van der Waals surface area contributed by atoms with E-state index in [2.05, 4.69) is 5.10 Å². The van der Waals surface area contributed by atoms with Crippen molar-refractivity contribution in [1.82, 2.24) is 14.7 Å². The van der Waals surface area contributed by atoms with Crippen LogP contribution in [0.1, 0.15) is 22.3 Å². The largest absolute Gasteiger partial charge is 0.478 e. The molecule has 0 atom stereocenters. The number of amides is 1. The molecular formula is C16H19N3O3. The van der Waals surface area contributed by atoms with E-state index in [0.29, 0.717) is 31.5 Å². The highest BCUT2D eigenvalue weighted by Gasteiger charge is 2.13. The van der Waals surface area contributed by atoms with Gasteiger partial charge in [-0.05, 0) is 24.1 Å². The summed E-state index contributed by atoms with van der Waals surface area (Å²) in [5.41, 5.74) is 0.943. The quantitative estimate of drug-likeness (QED) is 0.844. The summed E-state index contributed by atoms with van der Waals surface area (Å²) in [6.45, 7) is 1.21. The maximum Gasteiger partial charge on any atom is 0.335 e. The molecule has 0 aliphatic carbocycles. The molecule has 0 saturated carbocycles. The lowest BCUT2D eigenvalue weighted by molar-refractivity contribution is -0.130. The van der Waals surface area contributed by atoms with E-state index >= 15 is 0 Å². The Morgan fingerprint density at radius 3 is 2.73 bits per heavy atom. The molecule has 1 heterocycles. The molecule has 0 unspecified atom stereocenters. The number of hydrogen-bond donors (Lipinski definition) is 1. The Kier molecular flexibility index (Phi) is 5.30. The van der Waals surface area contributed by atoms with E-state index in [0.717, 1.165) is 0 Å². The average molecular weight is 301 g/mol. The molecule has 116 valence electrons. The third-order valence-corrected chi connectivity index (χ3v) is 3.51. The van der Waals surface area contributed by atoms with Crippen LogP contribution in [0.3, 0.4) is 0 Å². The van der Waals surface area contributed by atoms with Crippen molar-refractivity contribution in [3.05, 3.63) is 53.9 Å². The van der Waals surface area contributed by atoms with Crippen LogP contribution in [0, 0.1) is 0 Å². The molecule has 0 aliphatic rings. The molecule has 22 heavy (non-hydrogen) atoms. The summed E-state index contributed by atoms with van der Waals surface area (Å²) in [6.07, 6.45) is 4.26. The summed E-state index contributed by atoms with van der Waals surface area (Å²) in [5.74, 6) is -0.970. The van der Waals surface area contributed by atoms with E-state index < -0.39 is 5.97 Å². The number of hydrogen-bond acceptors (Lipinski definition) is 3. The fraction of sp³-hybridized carbons (Fsp3) is 0.312. The van der Waals surface area contributed by atoms with Crippen molar-refractivity contribution in [3.63, 3.8) is 0 Å². The zero-order chi connectivity index (χ0) is 15.9. The van der Waals surface area contributed by atoms with Gasteiger partial charge in [0, 0.05) is 32.4 Å². The maximum atomic E-state index is 12.1. The molecule has 1 amide bonds. The third-order valence-electron chi connectivity index (χ3n) is 3.51. The molecule has 1 aromatic carbocycles. The van der Waals surface area contributed by atoms with Crippen molar-refractivity contribution < 1.29 is 14.7 Å². The smallest absolute Gasteiger partial charge is 0.335 e. The standard InChI is InChI=1S/C16H19N3O3/c1-18(11-12-19-10-4-9-17-19)15(20)8-7-13-5-2-3-6-14(13)16(21)22/h2-6,9-10H,7-8,11-12H2,1H3,(H,21,22). The van der Waals surface area contributed by atoms with E-state index in [-0.39, 0.29) is 11.5 Å². The first-order chi connectivity index (χ1) is 10.6. The van der Waals surface area contributed by atoms with E-state index in [9.17, 15) is 9.59 Å². The van der Waals surface area contributed by atoms with Crippen molar-refractivity contribution in [2.45, 2.75) is 19.4 Å². The first-order valence-electron chi connectivity index (χ1n) is 7.10. The number of carboxylic acids is 1. The number of benzene rings is 1. The monoisotopic (exact) mass is 301 g/mol. The van der Waals surface area contributed by atoms with Gasteiger partial charge in [0.2, 0.25) is 5.91 Å². The van der Waals surface area contributed by atoms with Crippen LogP contribution in [0.25, 0.3) is 0 Å². The van der Waals surface area contributed by atoms with Crippen LogP contribution in [-0.2, 0) is 17.8 Å². The molecule has 0 fully saturated rings. The Morgan fingerprint density at radius 2 is 2.05 bits per heavy atom. The maximum absolute atomic E-state index is 12.1. The second kappa shape index (κ2) is 7.40. The van der Waals surface area contributed by atoms with Crippen LogP contribution in [-0.4, -0.2) is 45.3 Å². The second-order valence-electron chi connectivity index (χ2n) is 5.05. The van der Waals surface area contributed by atoms with Crippen molar-refractivity contribution in [2.75, 3.05) is 13.6 Å². The van der Waals surface area contributed by atoms with E-state index in [4.69, 9.17) is 5.11 Å². The first kappa shape index (κ1) is 15.8. The fourth-order valence-electron chi connectivity index (χ4n) is 2.19. The lowest BCUT2D eigenvalue weighted by atomic mass is 10.0. The lowest BCUT2D eigenvalue weighted by Crippen LogP contribution is -2.30. The molecule has 2 aromatic rings. The minimum atomic E-state index is -0.963. The molecule has 1 aromatic heterocycles. The number of aryl methyl sites for hydroxylation is 1. The van der Waals surface area contributed by atoms with Crippen molar-refractivity contribution in [1.29, 1.82) is 0 Å². The summed E-state index contributed by atoms with van der Waals surface area (Å²) in [4.78, 5) is 24.9. The summed E-state index contributed by atoms with van der Waals surface area (Å²) in [5, 5.41) is 13.2. The van der Waals surface area contributed by atoms with Crippen LogP contribution in [0.5, 0.6) is 0 Å². The van der Waals surface area contributed by atoms with Crippen LogP contribution < -0.4 is 0 Å². The van der Waals surface area contributed by atoms with Gasteiger partial charge in [0.1, 0.15) is 0 Å². The molecule has 6 heteroatoms. The van der Waals surface area contributed by atoms with Crippen molar-refractivity contribution in [2.24, 2.45) is 0 Å². The topological polar surface area (TPSA) is 75.4 Å². The van der Waals surface area contributed by atoms with Gasteiger partial charge in [0.25, 0.3) is 0 Å². The minimum absolute atomic E-state index is 0.00709. The SMILES string of the molecule is CN(CCn1cccn1)C(=O)CCc1ccccc1C(=O)O. The number of nitrogens with zero attached hydrogens (tertiary/aromatic N) is 3. The number of carbonyl (C=O) groups is 2. The predicted octanol–water partition coefficient (Wildman–Crippen LogP) is 1.67. The normalized spacial score (nSPS) is 10.4. The van der Waals surface area contributed by atoms with Gasteiger partial charge in [-0.15, -0.1) is 0 Å². The van der Waals surface area contributed by atoms with Gasteiger partial charge in [-0.3, -0.25) is 9.48 Å². The minimum Gasteiger partial charge on any atom is -0.478 e. The number of likely N-dealkylation sites (N-methyl/N-ethyl adjacent to an activating group) is 1. The fourth-order valence-corrected chi connectivity index (χ4v) is 2.19. The number of aromatic carboxylic acids is 1. The summed E-state index contributed by atoms with van der Waals surface area (Å²) in [6, 6.07) is 8.62. The van der Waals surface area contributed by atoms with Gasteiger partial charge in [-0.1, -0.05) is 18.2 Å². The average Bonchev–Trinajstić information content (AvgIpc) is 3.03. The van der Waals surface area contributed by atoms with E-state index in [1.54, 1.807) is 47.1 Å². The van der Waals surface area contributed by atoms with Gasteiger partial charge < -0.3 is 10.0 Å². The highest BCUT2D eigenvalue weighted by molar-refractivity contribution is 5.89. The first-order valence-corrected chi connectivity index (χ1v) is 7.10. The van der Waals surface area contributed by atoms with Crippen molar-refractivity contribution >= 4 is 11.9 Å². The Balaban J connectivity index is 1.85. The molecular weight excluding hydrogens is 282 g/mol. The van der Waals surface area contributed by atoms with Gasteiger partial charge in [-0.2, -0.15) is 5.10 Å². The third kappa shape index (κ3) is 4.18. The Bertz CT molecular complexity index is 638. The summed E-state index contributed by atoms with van der Waals surface area (Å²) >= 11 is 0. The molecule has 0 aliphatic heterocycles. The van der Waals surface area contributed by atoms with E-state index in [1.165, 1.54) is 0 Å². The predicted molar refractivity (Wildman–Crippen MR) is 81.6 cm³/mol. The molecule has 2 rings (SSSR count). The molecule has 1 N–H and O–H groups in total. The Hall–Kier alpha value is -2.63. The van der Waals surface area contributed by atoms with Crippen LogP contribution in [0.2, 0.25) is 0 Å². The van der Waals surface area contributed by atoms with E-state index in [1.807, 2.05) is 12.3 Å². The van der Waals surface area contributed by atoms with Crippen LogP contribution >= 0.6 is 0 Å². The molecule has 6 nitrogen and oxygen atoms in total. The Labute approximate surface area is 129 Å². The molecule has 0 bridgehead atoms. The highest BCUT2D eigenvalue weighted by Crippen LogP contribution is 2.11. The number of rotatable bonds is 7. The highest BCUT2D eigenvalue weighted by atomic mass is 16.4. The lowest BCUT2D eigenvalue weighted by Gasteiger charge is -2.17. The number of aromatic nitrogens is 2. The Morgan fingerprint density at radius 1 is 1.27 bits per heavy atom. The molecule has 0 radical (unpaired) electrons. The second-order valence-corrected chi connectivity index (χ2v) is 5.05.